The zero-order chi connectivity index (χ0) is 20.3. The molecule has 0 saturated heterocycles. The van der Waals surface area contributed by atoms with Gasteiger partial charge in [-0.1, -0.05) is 23.7 Å². The van der Waals surface area contributed by atoms with Crippen molar-refractivity contribution in [3.05, 3.63) is 75.1 Å². The van der Waals surface area contributed by atoms with Crippen LogP contribution in [0.3, 0.4) is 0 Å². The minimum Gasteiger partial charge on any atom is -0.339 e. The second kappa shape index (κ2) is 7.97. The van der Waals surface area contributed by atoms with Crippen LogP contribution in [0.2, 0.25) is 10.3 Å². The van der Waals surface area contributed by atoms with Crippen LogP contribution in [0.1, 0.15) is 0 Å². The largest absolute Gasteiger partial charge is 0.339 e. The summed E-state index contributed by atoms with van der Waals surface area (Å²) in [4.78, 5) is 17.7. The van der Waals surface area contributed by atoms with E-state index in [-0.39, 0.29) is 32.4 Å². The number of halogens is 2. The average molecular weight is 440 g/mol. The van der Waals surface area contributed by atoms with Crippen molar-refractivity contribution in [3.63, 3.8) is 0 Å². The number of nitrogens with zero attached hydrogens (tertiary/aromatic N) is 3. The molecule has 0 unspecified atom stereocenters. The Bertz CT molecular complexity index is 1160. The van der Waals surface area contributed by atoms with E-state index < -0.39 is 14.9 Å². The third-order valence-corrected chi connectivity index (χ3v) is 5.27. The lowest BCUT2D eigenvalue weighted by atomic mass is 10.3. The molecule has 1 aromatic heterocycles. The zero-order valence-electron chi connectivity index (χ0n) is 13.8. The van der Waals surface area contributed by atoms with Crippen molar-refractivity contribution in [3.8, 4) is 0 Å². The molecule has 144 valence electrons. The maximum atomic E-state index is 12.5. The highest BCUT2D eigenvalue weighted by Crippen LogP contribution is 2.26. The topological polar surface area (TPSA) is 127 Å². The third kappa shape index (κ3) is 4.66. The molecular weight excluding hydrogens is 429 g/mol. The molecule has 0 fully saturated rings. The molecule has 2 N–H and O–H groups in total. The highest BCUT2D eigenvalue weighted by molar-refractivity contribution is 7.92. The van der Waals surface area contributed by atoms with Crippen LogP contribution in [0.15, 0.2) is 59.6 Å². The standard InChI is InChI=1S/C16H11Cl2N5O4S/c17-14-9-19-16(18)21-15(14)20-10-3-1-4-11(7-10)22-28(26,27)13-6-2-5-12(8-13)23(24)25/h1-9,22H,(H,19,20,21). The van der Waals surface area contributed by atoms with Crippen molar-refractivity contribution < 1.29 is 13.3 Å². The zero-order valence-corrected chi connectivity index (χ0v) is 16.2. The van der Waals surface area contributed by atoms with E-state index in [9.17, 15) is 18.5 Å². The number of hydrogen-bond acceptors (Lipinski definition) is 7. The van der Waals surface area contributed by atoms with Gasteiger partial charge in [-0.25, -0.2) is 13.4 Å². The van der Waals surface area contributed by atoms with Crippen LogP contribution in [0, 0.1) is 10.1 Å². The maximum absolute atomic E-state index is 12.5. The lowest BCUT2D eigenvalue weighted by Gasteiger charge is -2.11. The molecule has 9 nitrogen and oxygen atoms in total. The lowest BCUT2D eigenvalue weighted by Crippen LogP contribution is -2.13. The van der Waals surface area contributed by atoms with Gasteiger partial charge in [-0.2, -0.15) is 4.98 Å². The summed E-state index contributed by atoms with van der Waals surface area (Å²) in [5, 5.41) is 14.0. The van der Waals surface area contributed by atoms with Gasteiger partial charge in [-0.3, -0.25) is 14.8 Å². The summed E-state index contributed by atoms with van der Waals surface area (Å²) in [5.41, 5.74) is 0.386. The second-order valence-corrected chi connectivity index (χ2v) is 7.83. The Morgan fingerprint density at radius 3 is 2.50 bits per heavy atom. The summed E-state index contributed by atoms with van der Waals surface area (Å²) in [5.74, 6) is 0.250. The number of sulfonamides is 1. The lowest BCUT2D eigenvalue weighted by molar-refractivity contribution is -0.385. The van der Waals surface area contributed by atoms with Gasteiger partial charge in [0.15, 0.2) is 5.82 Å². The number of anilines is 3. The first-order valence-electron chi connectivity index (χ1n) is 7.57. The summed E-state index contributed by atoms with van der Waals surface area (Å²) in [6.45, 7) is 0. The minimum absolute atomic E-state index is 0.00516. The van der Waals surface area contributed by atoms with Crippen molar-refractivity contribution in [2.75, 3.05) is 10.0 Å². The van der Waals surface area contributed by atoms with Crippen molar-refractivity contribution in [1.29, 1.82) is 0 Å². The molecular formula is C16H11Cl2N5O4S. The van der Waals surface area contributed by atoms with Crippen molar-refractivity contribution in [2.45, 2.75) is 4.90 Å². The van der Waals surface area contributed by atoms with Crippen LogP contribution in [0.25, 0.3) is 0 Å². The van der Waals surface area contributed by atoms with E-state index >= 15 is 0 Å². The summed E-state index contributed by atoms with van der Waals surface area (Å²) < 4.78 is 27.4. The van der Waals surface area contributed by atoms with Gasteiger partial charge in [0.25, 0.3) is 15.7 Å². The maximum Gasteiger partial charge on any atom is 0.270 e. The summed E-state index contributed by atoms with van der Waals surface area (Å²) in [7, 11) is -4.03. The van der Waals surface area contributed by atoms with Crippen molar-refractivity contribution in [1.82, 2.24) is 9.97 Å². The fraction of sp³-hybridized carbons (Fsp3) is 0. The van der Waals surface area contributed by atoms with Crippen LogP contribution in [0.4, 0.5) is 22.9 Å². The number of non-ortho nitro benzene ring substituents is 1. The van der Waals surface area contributed by atoms with Crippen molar-refractivity contribution in [2.24, 2.45) is 0 Å². The van der Waals surface area contributed by atoms with Gasteiger partial charge < -0.3 is 5.32 Å². The Morgan fingerprint density at radius 1 is 1.04 bits per heavy atom. The molecule has 3 rings (SSSR count). The number of benzene rings is 2. The van der Waals surface area contributed by atoms with Gasteiger partial charge in [-0.15, -0.1) is 0 Å². The van der Waals surface area contributed by atoms with E-state index in [1.807, 2.05) is 0 Å². The molecule has 0 bridgehead atoms. The number of aromatic nitrogens is 2. The fourth-order valence-electron chi connectivity index (χ4n) is 2.21. The molecule has 0 aliphatic carbocycles. The molecule has 0 atom stereocenters. The molecule has 0 radical (unpaired) electrons. The fourth-order valence-corrected chi connectivity index (χ4v) is 3.57. The smallest absolute Gasteiger partial charge is 0.270 e. The molecule has 0 aliphatic heterocycles. The van der Waals surface area contributed by atoms with Crippen LogP contribution in [0.5, 0.6) is 0 Å². The van der Waals surface area contributed by atoms with Gasteiger partial charge in [0.05, 0.1) is 21.7 Å². The average Bonchev–Trinajstić information content (AvgIpc) is 2.65. The normalized spacial score (nSPS) is 11.1. The first-order valence-corrected chi connectivity index (χ1v) is 9.81. The van der Waals surface area contributed by atoms with Crippen LogP contribution < -0.4 is 10.0 Å². The molecule has 12 heteroatoms. The van der Waals surface area contributed by atoms with E-state index in [0.29, 0.717) is 5.69 Å². The van der Waals surface area contributed by atoms with E-state index in [0.717, 1.165) is 6.07 Å². The van der Waals surface area contributed by atoms with Gasteiger partial charge in [0.1, 0.15) is 5.02 Å². The first-order chi connectivity index (χ1) is 13.2. The molecule has 3 aromatic rings. The SMILES string of the molecule is O=[N+]([O-])c1cccc(S(=O)(=O)Nc2cccc(Nc3nc(Cl)ncc3Cl)c2)c1. The van der Waals surface area contributed by atoms with Crippen LogP contribution in [-0.4, -0.2) is 23.3 Å². The van der Waals surface area contributed by atoms with E-state index in [1.54, 1.807) is 12.1 Å². The highest BCUT2D eigenvalue weighted by Gasteiger charge is 2.18. The monoisotopic (exact) mass is 439 g/mol. The Morgan fingerprint density at radius 2 is 1.75 bits per heavy atom. The number of nitro groups is 1. The van der Waals surface area contributed by atoms with Gasteiger partial charge in [0, 0.05) is 17.8 Å². The summed E-state index contributed by atoms with van der Waals surface area (Å²) >= 11 is 11.7. The van der Waals surface area contributed by atoms with Crippen LogP contribution in [-0.2, 0) is 10.0 Å². The number of hydrogen-bond donors (Lipinski definition) is 2. The summed E-state index contributed by atoms with van der Waals surface area (Å²) in [6, 6.07) is 11.0. The number of nitro benzene ring substituents is 1. The van der Waals surface area contributed by atoms with E-state index in [1.165, 1.54) is 36.5 Å². The highest BCUT2D eigenvalue weighted by atomic mass is 35.5. The molecule has 0 amide bonds. The van der Waals surface area contributed by atoms with Crippen molar-refractivity contribution >= 4 is 56.1 Å². The number of nitrogens with one attached hydrogen (secondary N) is 2. The second-order valence-electron chi connectivity index (χ2n) is 5.40. The molecule has 28 heavy (non-hydrogen) atoms. The van der Waals surface area contributed by atoms with E-state index in [2.05, 4.69) is 20.0 Å². The first kappa shape index (κ1) is 19.8. The Balaban J connectivity index is 1.85. The molecule has 2 aromatic carbocycles. The predicted octanol–water partition coefficient (Wildman–Crippen LogP) is 4.24. The molecule has 0 aliphatic rings. The van der Waals surface area contributed by atoms with Gasteiger partial charge in [-0.05, 0) is 35.9 Å². The molecule has 0 spiro atoms. The van der Waals surface area contributed by atoms with E-state index in [4.69, 9.17) is 23.2 Å². The number of rotatable bonds is 6. The Hall–Kier alpha value is -2.95. The summed E-state index contributed by atoms with van der Waals surface area (Å²) in [6.07, 6.45) is 1.33. The molecule has 1 heterocycles. The minimum atomic E-state index is -4.03. The molecule has 0 saturated carbocycles. The predicted molar refractivity (Wildman–Crippen MR) is 106 cm³/mol. The Labute approximate surface area is 169 Å². The Kier molecular flexibility index (Phi) is 5.63. The quantitative estimate of drug-likeness (QED) is 0.334. The van der Waals surface area contributed by atoms with Crippen LogP contribution >= 0.6 is 23.2 Å². The van der Waals surface area contributed by atoms with Gasteiger partial charge in [0.2, 0.25) is 5.28 Å². The van der Waals surface area contributed by atoms with Gasteiger partial charge >= 0.3 is 0 Å². The third-order valence-electron chi connectivity index (χ3n) is 3.43.